The van der Waals surface area contributed by atoms with Crippen molar-refractivity contribution in [3.05, 3.63) is 35.9 Å². The number of carbonyl (C=O) groups excluding carboxylic acids is 1. The third kappa shape index (κ3) is 8.36. The Morgan fingerprint density at radius 2 is 1.80 bits per heavy atom. The fraction of sp³-hybridized carbons (Fsp3) is 0.650. The van der Waals surface area contributed by atoms with Gasteiger partial charge in [0.1, 0.15) is 5.72 Å². The molecule has 0 aliphatic rings. The van der Waals surface area contributed by atoms with Crippen LogP contribution in [0.5, 0.6) is 0 Å². The summed E-state index contributed by atoms with van der Waals surface area (Å²) >= 11 is 0. The first kappa shape index (κ1) is 21.5. The molecule has 5 nitrogen and oxygen atoms in total. The zero-order chi connectivity index (χ0) is 19.1. The second kappa shape index (κ2) is 9.20. The zero-order valence-corrected chi connectivity index (χ0v) is 16.4. The van der Waals surface area contributed by atoms with E-state index in [4.69, 9.17) is 5.73 Å². The van der Waals surface area contributed by atoms with Crippen molar-refractivity contribution in [2.24, 2.45) is 11.7 Å². The molecule has 25 heavy (non-hydrogen) atoms. The standard InChI is InChI=1S/C20H35N3O2/c1-16(2)12-15-23(18(24)22-19(3,4)5)14-9-13-20(21,25)17-10-7-6-8-11-17/h6-8,10-11,16,25H,9,12-15,21H2,1-5H3,(H,22,24). The van der Waals surface area contributed by atoms with Crippen molar-refractivity contribution in [1.82, 2.24) is 10.2 Å². The number of rotatable bonds is 8. The molecule has 0 heterocycles. The van der Waals surface area contributed by atoms with Gasteiger partial charge in [0.2, 0.25) is 0 Å². The maximum atomic E-state index is 12.5. The monoisotopic (exact) mass is 349 g/mol. The molecule has 0 saturated heterocycles. The molecule has 0 radical (unpaired) electrons. The highest BCUT2D eigenvalue weighted by Gasteiger charge is 2.25. The van der Waals surface area contributed by atoms with Crippen LogP contribution >= 0.6 is 0 Å². The lowest BCUT2D eigenvalue weighted by Gasteiger charge is -2.30. The molecule has 0 spiro atoms. The molecule has 1 aromatic carbocycles. The van der Waals surface area contributed by atoms with Gasteiger partial charge in [-0.25, -0.2) is 4.79 Å². The molecular weight excluding hydrogens is 314 g/mol. The average Bonchev–Trinajstić information content (AvgIpc) is 2.49. The minimum absolute atomic E-state index is 0.0616. The third-order valence-electron chi connectivity index (χ3n) is 4.01. The molecule has 0 aromatic heterocycles. The smallest absolute Gasteiger partial charge is 0.317 e. The number of aliphatic hydroxyl groups is 1. The number of nitrogens with two attached hydrogens (primary N) is 1. The van der Waals surface area contributed by atoms with E-state index in [1.807, 2.05) is 56.0 Å². The highest BCUT2D eigenvalue weighted by Crippen LogP contribution is 2.20. The van der Waals surface area contributed by atoms with Crippen LogP contribution in [0.15, 0.2) is 30.3 Å². The molecule has 1 aromatic rings. The number of benzene rings is 1. The largest absolute Gasteiger partial charge is 0.372 e. The first-order chi connectivity index (χ1) is 11.5. The maximum Gasteiger partial charge on any atom is 0.317 e. The minimum Gasteiger partial charge on any atom is -0.372 e. The lowest BCUT2D eigenvalue weighted by atomic mass is 9.98. The Balaban J connectivity index is 2.63. The molecule has 1 rings (SSSR count). The number of nitrogens with one attached hydrogen (secondary N) is 1. The van der Waals surface area contributed by atoms with Crippen molar-refractivity contribution in [1.29, 1.82) is 0 Å². The number of hydrogen-bond acceptors (Lipinski definition) is 3. The highest BCUT2D eigenvalue weighted by atomic mass is 16.3. The van der Waals surface area contributed by atoms with E-state index in [0.29, 0.717) is 37.4 Å². The summed E-state index contributed by atoms with van der Waals surface area (Å²) in [5.74, 6) is 0.528. The Kier molecular flexibility index (Phi) is 7.90. The van der Waals surface area contributed by atoms with E-state index in [0.717, 1.165) is 6.42 Å². The Morgan fingerprint density at radius 3 is 2.32 bits per heavy atom. The lowest BCUT2D eigenvalue weighted by molar-refractivity contribution is 0.0299. The SMILES string of the molecule is CC(C)CCN(CCCC(N)(O)c1ccccc1)C(=O)NC(C)(C)C. The Labute approximate surface area is 152 Å². The van der Waals surface area contributed by atoms with Gasteiger partial charge >= 0.3 is 6.03 Å². The van der Waals surface area contributed by atoms with Gasteiger partial charge in [0.15, 0.2) is 0 Å². The van der Waals surface area contributed by atoms with Gasteiger partial charge in [-0.3, -0.25) is 5.73 Å². The summed E-state index contributed by atoms with van der Waals surface area (Å²) in [5.41, 5.74) is 5.12. The van der Waals surface area contributed by atoms with Crippen molar-refractivity contribution in [3.63, 3.8) is 0 Å². The molecule has 0 fully saturated rings. The number of hydrogen-bond donors (Lipinski definition) is 3. The highest BCUT2D eigenvalue weighted by molar-refractivity contribution is 5.74. The minimum atomic E-state index is -1.37. The summed E-state index contributed by atoms with van der Waals surface area (Å²) in [6, 6.07) is 9.20. The molecule has 2 amide bonds. The van der Waals surface area contributed by atoms with Gasteiger partial charge in [-0.15, -0.1) is 0 Å². The summed E-state index contributed by atoms with van der Waals surface area (Å²) in [5, 5.41) is 13.5. The average molecular weight is 350 g/mol. The van der Waals surface area contributed by atoms with E-state index in [2.05, 4.69) is 19.2 Å². The Bertz CT molecular complexity index is 521. The van der Waals surface area contributed by atoms with Gasteiger partial charge in [-0.05, 0) is 51.5 Å². The molecule has 0 aliphatic carbocycles. The van der Waals surface area contributed by atoms with Crippen LogP contribution in [0.25, 0.3) is 0 Å². The summed E-state index contributed by atoms with van der Waals surface area (Å²) in [4.78, 5) is 14.3. The van der Waals surface area contributed by atoms with Gasteiger partial charge < -0.3 is 15.3 Å². The molecule has 0 aliphatic heterocycles. The van der Waals surface area contributed by atoms with Gasteiger partial charge in [0.25, 0.3) is 0 Å². The fourth-order valence-electron chi connectivity index (χ4n) is 2.54. The van der Waals surface area contributed by atoms with E-state index in [9.17, 15) is 9.90 Å². The van der Waals surface area contributed by atoms with Crippen LogP contribution in [-0.2, 0) is 5.72 Å². The second-order valence-electron chi connectivity index (χ2n) is 8.24. The normalized spacial score (nSPS) is 14.2. The third-order valence-corrected chi connectivity index (χ3v) is 4.01. The van der Waals surface area contributed by atoms with Crippen LogP contribution in [0, 0.1) is 5.92 Å². The van der Waals surface area contributed by atoms with Gasteiger partial charge in [-0.1, -0.05) is 44.2 Å². The Morgan fingerprint density at radius 1 is 1.20 bits per heavy atom. The summed E-state index contributed by atoms with van der Waals surface area (Å²) in [6.45, 7) is 11.5. The lowest BCUT2D eigenvalue weighted by Crippen LogP contribution is -2.49. The Hall–Kier alpha value is -1.59. The number of urea groups is 1. The van der Waals surface area contributed by atoms with Crippen LogP contribution in [0.3, 0.4) is 0 Å². The molecule has 142 valence electrons. The number of amides is 2. The van der Waals surface area contributed by atoms with Crippen LogP contribution < -0.4 is 11.1 Å². The van der Waals surface area contributed by atoms with E-state index >= 15 is 0 Å². The van der Waals surface area contributed by atoms with Crippen LogP contribution in [0.1, 0.15) is 59.4 Å². The molecule has 1 unspecified atom stereocenters. The zero-order valence-electron chi connectivity index (χ0n) is 16.4. The van der Waals surface area contributed by atoms with Crippen molar-refractivity contribution < 1.29 is 9.90 Å². The first-order valence-corrected chi connectivity index (χ1v) is 9.15. The molecule has 5 heteroatoms. The van der Waals surface area contributed by atoms with Crippen molar-refractivity contribution in [3.8, 4) is 0 Å². The number of carbonyl (C=O) groups is 1. The van der Waals surface area contributed by atoms with Crippen molar-refractivity contribution >= 4 is 6.03 Å². The van der Waals surface area contributed by atoms with Crippen LogP contribution in [0.4, 0.5) is 4.79 Å². The van der Waals surface area contributed by atoms with E-state index in [-0.39, 0.29) is 11.6 Å². The molecule has 4 N–H and O–H groups in total. The first-order valence-electron chi connectivity index (χ1n) is 9.15. The maximum absolute atomic E-state index is 12.5. The van der Waals surface area contributed by atoms with Gasteiger partial charge in [0.05, 0.1) is 0 Å². The van der Waals surface area contributed by atoms with Crippen molar-refractivity contribution in [2.45, 2.75) is 65.1 Å². The van der Waals surface area contributed by atoms with E-state index in [1.165, 1.54) is 0 Å². The predicted molar refractivity (Wildman–Crippen MR) is 103 cm³/mol. The molecule has 1 atom stereocenters. The van der Waals surface area contributed by atoms with Crippen molar-refractivity contribution in [2.75, 3.05) is 13.1 Å². The summed E-state index contributed by atoms with van der Waals surface area (Å²) < 4.78 is 0. The van der Waals surface area contributed by atoms with E-state index < -0.39 is 5.72 Å². The summed E-state index contributed by atoms with van der Waals surface area (Å²) in [6.07, 6.45) is 1.98. The topological polar surface area (TPSA) is 78.6 Å². The number of nitrogens with zero attached hydrogens (tertiary/aromatic N) is 1. The van der Waals surface area contributed by atoms with Gasteiger partial charge in [-0.2, -0.15) is 0 Å². The van der Waals surface area contributed by atoms with E-state index in [1.54, 1.807) is 0 Å². The van der Waals surface area contributed by atoms with Crippen LogP contribution in [-0.4, -0.2) is 34.7 Å². The molecule has 0 bridgehead atoms. The van der Waals surface area contributed by atoms with Crippen LogP contribution in [0.2, 0.25) is 0 Å². The summed E-state index contributed by atoms with van der Waals surface area (Å²) in [7, 11) is 0. The van der Waals surface area contributed by atoms with Gasteiger partial charge in [0, 0.05) is 18.6 Å². The predicted octanol–water partition coefficient (Wildman–Crippen LogP) is 3.43. The second-order valence-corrected chi connectivity index (χ2v) is 8.24. The fourth-order valence-corrected chi connectivity index (χ4v) is 2.54. The quantitative estimate of drug-likeness (QED) is 0.629. The molecular formula is C20H35N3O2. The molecule has 0 saturated carbocycles.